The van der Waals surface area contributed by atoms with Crippen LogP contribution in [-0.2, 0) is 4.79 Å². The van der Waals surface area contributed by atoms with Crippen LogP contribution in [0.1, 0.15) is 36.5 Å². The van der Waals surface area contributed by atoms with Gasteiger partial charge in [-0.3, -0.25) is 4.79 Å². The minimum atomic E-state index is -0.384. The molecule has 0 aliphatic rings. The molecule has 1 N–H and O–H groups in total. The Bertz CT molecular complexity index is 1020. The molecule has 3 aromatic rings. The van der Waals surface area contributed by atoms with Gasteiger partial charge in [-0.15, -0.1) is 0 Å². The molecule has 7 nitrogen and oxygen atoms in total. The number of carbonyl (C=O) groups is 1. The van der Waals surface area contributed by atoms with Crippen molar-refractivity contribution in [2.24, 2.45) is 0 Å². The molecule has 1 amide bonds. The van der Waals surface area contributed by atoms with E-state index < -0.39 is 0 Å². The van der Waals surface area contributed by atoms with Crippen LogP contribution in [0.2, 0.25) is 0 Å². The van der Waals surface area contributed by atoms with Gasteiger partial charge < -0.3 is 10.1 Å². The van der Waals surface area contributed by atoms with Crippen LogP contribution in [-0.4, -0.2) is 27.3 Å². The minimum absolute atomic E-state index is 0.179. The van der Waals surface area contributed by atoms with E-state index >= 15 is 0 Å². The number of anilines is 1. The van der Waals surface area contributed by atoms with Crippen LogP contribution in [0.3, 0.4) is 0 Å². The summed E-state index contributed by atoms with van der Waals surface area (Å²) in [6, 6.07) is 13.3. The van der Waals surface area contributed by atoms with Crippen molar-refractivity contribution in [1.29, 1.82) is 5.26 Å². The monoisotopic (exact) mass is 375 g/mol. The summed E-state index contributed by atoms with van der Waals surface area (Å²) in [5.41, 5.74) is 2.34. The molecule has 0 fully saturated rings. The molecule has 0 aliphatic heterocycles. The molecule has 0 aliphatic carbocycles. The minimum Gasteiger partial charge on any atom is -0.483 e. The Morgan fingerprint density at radius 2 is 2.14 bits per heavy atom. The van der Waals surface area contributed by atoms with Crippen molar-refractivity contribution < 1.29 is 9.53 Å². The lowest BCUT2D eigenvalue weighted by Gasteiger charge is -2.15. The largest absolute Gasteiger partial charge is 0.483 e. The molecule has 0 saturated carbocycles. The summed E-state index contributed by atoms with van der Waals surface area (Å²) in [6.45, 7) is 5.94. The molecule has 0 saturated heterocycles. The Morgan fingerprint density at radius 3 is 2.82 bits per heavy atom. The number of amides is 1. The molecule has 1 aromatic carbocycles. The fourth-order valence-corrected chi connectivity index (χ4v) is 2.76. The Hall–Kier alpha value is -3.66. The number of ether oxygens (including phenoxy) is 1. The number of aryl methyl sites for hydroxylation is 1. The molecule has 142 valence electrons. The highest BCUT2D eigenvalue weighted by molar-refractivity contribution is 5.92. The van der Waals surface area contributed by atoms with Gasteiger partial charge in [0.15, 0.2) is 18.2 Å². The Labute approximate surface area is 163 Å². The molecule has 2 aromatic heterocycles. The molecule has 0 spiro atoms. The lowest BCUT2D eigenvalue weighted by Crippen LogP contribution is -2.23. The summed E-state index contributed by atoms with van der Waals surface area (Å²) in [4.78, 5) is 16.7. The van der Waals surface area contributed by atoms with E-state index in [-0.39, 0.29) is 29.8 Å². The third-order valence-corrected chi connectivity index (χ3v) is 4.16. The second kappa shape index (κ2) is 8.35. The van der Waals surface area contributed by atoms with Gasteiger partial charge in [-0.2, -0.15) is 15.0 Å². The van der Waals surface area contributed by atoms with E-state index in [2.05, 4.69) is 29.2 Å². The predicted octanol–water partition coefficient (Wildman–Crippen LogP) is 3.59. The normalized spacial score (nSPS) is 10.5. The van der Waals surface area contributed by atoms with Crippen molar-refractivity contribution in [3.63, 3.8) is 0 Å². The van der Waals surface area contributed by atoms with Crippen LogP contribution in [0.5, 0.6) is 5.75 Å². The Kier molecular flexibility index (Phi) is 5.70. The van der Waals surface area contributed by atoms with Gasteiger partial charge >= 0.3 is 0 Å². The lowest BCUT2D eigenvalue weighted by molar-refractivity contribution is -0.118. The Morgan fingerprint density at radius 1 is 1.32 bits per heavy atom. The average Bonchev–Trinajstić information content (AvgIpc) is 3.09. The van der Waals surface area contributed by atoms with E-state index in [0.717, 1.165) is 11.1 Å². The zero-order valence-electron chi connectivity index (χ0n) is 16.0. The fourth-order valence-electron chi connectivity index (χ4n) is 2.76. The van der Waals surface area contributed by atoms with Gasteiger partial charge in [0, 0.05) is 6.20 Å². The maximum Gasteiger partial charge on any atom is 0.263 e. The predicted molar refractivity (Wildman–Crippen MR) is 105 cm³/mol. The van der Waals surface area contributed by atoms with Crippen LogP contribution in [0, 0.1) is 18.3 Å². The van der Waals surface area contributed by atoms with Crippen LogP contribution in [0.25, 0.3) is 5.82 Å². The van der Waals surface area contributed by atoms with Crippen molar-refractivity contribution >= 4 is 11.7 Å². The smallest absolute Gasteiger partial charge is 0.263 e. The molecule has 0 bridgehead atoms. The van der Waals surface area contributed by atoms with Crippen molar-refractivity contribution in [3.05, 3.63) is 65.5 Å². The third-order valence-electron chi connectivity index (χ3n) is 4.16. The van der Waals surface area contributed by atoms with Crippen molar-refractivity contribution in [1.82, 2.24) is 14.8 Å². The van der Waals surface area contributed by atoms with Crippen molar-refractivity contribution in [2.45, 2.75) is 26.7 Å². The van der Waals surface area contributed by atoms with Crippen LogP contribution in [0.4, 0.5) is 5.82 Å². The molecule has 0 radical (unpaired) electrons. The maximum atomic E-state index is 12.5. The van der Waals surface area contributed by atoms with Gasteiger partial charge in [-0.1, -0.05) is 32.0 Å². The number of pyridine rings is 1. The number of carbonyl (C=O) groups excluding carboxylic acids is 1. The summed E-state index contributed by atoms with van der Waals surface area (Å²) >= 11 is 0. The number of benzene rings is 1. The fraction of sp³-hybridized carbons (Fsp3) is 0.238. The number of rotatable bonds is 6. The molecule has 0 unspecified atom stereocenters. The molecular weight excluding hydrogens is 354 g/mol. The lowest BCUT2D eigenvalue weighted by atomic mass is 10.0. The van der Waals surface area contributed by atoms with E-state index in [1.807, 2.05) is 31.2 Å². The van der Waals surface area contributed by atoms with Crippen LogP contribution >= 0.6 is 0 Å². The second-order valence-electron chi connectivity index (χ2n) is 6.65. The summed E-state index contributed by atoms with van der Waals surface area (Å²) in [6.07, 6.45) is 3.01. The van der Waals surface area contributed by atoms with E-state index in [0.29, 0.717) is 11.6 Å². The van der Waals surface area contributed by atoms with Gasteiger partial charge in [0.2, 0.25) is 0 Å². The van der Waals surface area contributed by atoms with E-state index in [9.17, 15) is 10.1 Å². The molecule has 7 heteroatoms. The first-order valence-corrected chi connectivity index (χ1v) is 8.92. The van der Waals surface area contributed by atoms with Crippen LogP contribution in [0.15, 0.2) is 48.8 Å². The summed E-state index contributed by atoms with van der Waals surface area (Å²) in [7, 11) is 0. The van der Waals surface area contributed by atoms with E-state index in [1.54, 1.807) is 24.4 Å². The van der Waals surface area contributed by atoms with Gasteiger partial charge in [-0.25, -0.2) is 4.98 Å². The van der Waals surface area contributed by atoms with Crippen LogP contribution < -0.4 is 10.1 Å². The quantitative estimate of drug-likeness (QED) is 0.711. The molecular formula is C21H21N5O2. The molecule has 2 heterocycles. The molecule has 0 atom stereocenters. The van der Waals surface area contributed by atoms with Gasteiger partial charge in [0.05, 0.1) is 6.20 Å². The summed E-state index contributed by atoms with van der Waals surface area (Å²) in [5.74, 6) is 1.34. The highest BCUT2D eigenvalue weighted by Crippen LogP contribution is 2.27. The van der Waals surface area contributed by atoms with E-state index in [4.69, 9.17) is 4.74 Å². The standard InChI is InChI=1S/C21H21N5O2/c1-14(2)17-8-7-15(3)10-18(17)28-13-20(27)25-21-16(11-22)12-24-26(21)19-6-4-5-9-23-19/h4-10,12,14H,13H2,1-3H3,(H,25,27). The van der Waals surface area contributed by atoms with E-state index in [1.165, 1.54) is 10.9 Å². The first-order chi connectivity index (χ1) is 13.5. The highest BCUT2D eigenvalue weighted by Gasteiger charge is 2.17. The third kappa shape index (κ3) is 4.18. The number of hydrogen-bond donors (Lipinski definition) is 1. The zero-order chi connectivity index (χ0) is 20.1. The average molecular weight is 375 g/mol. The number of aromatic nitrogens is 3. The summed E-state index contributed by atoms with van der Waals surface area (Å²) in [5, 5.41) is 16.2. The summed E-state index contributed by atoms with van der Waals surface area (Å²) < 4.78 is 7.19. The highest BCUT2D eigenvalue weighted by atomic mass is 16.5. The zero-order valence-corrected chi connectivity index (χ0v) is 16.0. The SMILES string of the molecule is Cc1ccc(C(C)C)c(OCC(=O)Nc2c(C#N)cnn2-c2ccccn2)c1. The van der Waals surface area contributed by atoms with Gasteiger partial charge in [0.25, 0.3) is 5.91 Å². The molecule has 28 heavy (non-hydrogen) atoms. The first-order valence-electron chi connectivity index (χ1n) is 8.92. The topological polar surface area (TPSA) is 92.8 Å². The second-order valence-corrected chi connectivity index (χ2v) is 6.65. The number of nitrogens with zero attached hydrogens (tertiary/aromatic N) is 4. The number of nitrogens with one attached hydrogen (secondary N) is 1. The van der Waals surface area contributed by atoms with Crippen molar-refractivity contribution in [3.8, 4) is 17.6 Å². The van der Waals surface area contributed by atoms with Crippen molar-refractivity contribution in [2.75, 3.05) is 11.9 Å². The number of hydrogen-bond acceptors (Lipinski definition) is 5. The number of nitriles is 1. The van der Waals surface area contributed by atoms with Gasteiger partial charge in [-0.05, 0) is 42.2 Å². The Balaban J connectivity index is 1.77. The first kappa shape index (κ1) is 19.1. The maximum absolute atomic E-state index is 12.5. The van der Waals surface area contributed by atoms with Gasteiger partial charge in [0.1, 0.15) is 17.4 Å². The molecule has 3 rings (SSSR count).